The Labute approximate surface area is 122 Å². The fourth-order valence-electron chi connectivity index (χ4n) is 3.24. The van der Waals surface area contributed by atoms with Gasteiger partial charge in [0.25, 0.3) is 0 Å². The molecule has 1 aliphatic carbocycles. The third-order valence-electron chi connectivity index (χ3n) is 4.60. The van der Waals surface area contributed by atoms with E-state index in [1.807, 2.05) is 0 Å². The molecule has 0 saturated heterocycles. The maximum absolute atomic E-state index is 12.5. The van der Waals surface area contributed by atoms with Crippen molar-refractivity contribution < 1.29 is 9.53 Å². The lowest BCUT2D eigenvalue weighted by Crippen LogP contribution is -2.34. The lowest BCUT2D eigenvalue weighted by molar-refractivity contribution is -0.132. The van der Waals surface area contributed by atoms with Crippen molar-refractivity contribution in [3.05, 3.63) is 34.9 Å². The van der Waals surface area contributed by atoms with E-state index < -0.39 is 0 Å². The van der Waals surface area contributed by atoms with E-state index in [4.69, 9.17) is 4.74 Å². The average molecular weight is 274 g/mol. The number of carbonyl (C=O) groups excluding carboxylic acids is 1. The van der Waals surface area contributed by atoms with Crippen LogP contribution >= 0.6 is 0 Å². The monoisotopic (exact) mass is 274 g/mol. The largest absolute Gasteiger partial charge is 0.373 e. The predicted octanol–water partition coefficient (Wildman–Crippen LogP) is 4.01. The van der Waals surface area contributed by atoms with Gasteiger partial charge in [-0.3, -0.25) is 4.79 Å². The topological polar surface area (TPSA) is 26.3 Å². The van der Waals surface area contributed by atoms with E-state index >= 15 is 0 Å². The number of aryl methyl sites for hydroxylation is 2. The van der Waals surface area contributed by atoms with Gasteiger partial charge in [-0.2, -0.15) is 0 Å². The maximum atomic E-state index is 12.5. The lowest BCUT2D eigenvalue weighted by Gasteiger charge is -2.28. The van der Waals surface area contributed by atoms with E-state index in [1.54, 1.807) is 7.11 Å². The second-order valence-electron chi connectivity index (χ2n) is 6.12. The summed E-state index contributed by atoms with van der Waals surface area (Å²) in [5, 5.41) is 0. The van der Waals surface area contributed by atoms with Crippen LogP contribution in [0.25, 0.3) is 0 Å². The van der Waals surface area contributed by atoms with Gasteiger partial charge in [-0.25, -0.2) is 0 Å². The Morgan fingerprint density at radius 1 is 1.20 bits per heavy atom. The number of rotatable bonds is 5. The first kappa shape index (κ1) is 15.2. The summed E-state index contributed by atoms with van der Waals surface area (Å²) in [5.74, 6) is 0.662. The molecule has 1 saturated carbocycles. The van der Waals surface area contributed by atoms with Gasteiger partial charge in [0.15, 0.2) is 5.78 Å². The Morgan fingerprint density at radius 3 is 2.50 bits per heavy atom. The summed E-state index contributed by atoms with van der Waals surface area (Å²) in [6.07, 6.45) is 6.34. The number of carbonyl (C=O) groups is 1. The standard InChI is InChI=1S/C18H26O2/c1-13-9-10-15(11-14(13)2)12-17(19)18(20-3)16-7-5-4-6-8-16/h9-11,16,18H,4-8,12H2,1-3H3. The number of ether oxygens (including phenoxy) is 1. The Kier molecular flexibility index (Phi) is 5.36. The molecule has 0 aromatic heterocycles. The van der Waals surface area contributed by atoms with E-state index in [9.17, 15) is 4.79 Å². The van der Waals surface area contributed by atoms with Crippen molar-refractivity contribution in [1.29, 1.82) is 0 Å². The molecule has 2 rings (SSSR count). The second-order valence-corrected chi connectivity index (χ2v) is 6.12. The molecule has 110 valence electrons. The molecule has 1 unspecified atom stereocenters. The van der Waals surface area contributed by atoms with Crippen LogP contribution in [0.1, 0.15) is 48.8 Å². The molecule has 0 N–H and O–H groups in total. The quantitative estimate of drug-likeness (QED) is 0.811. The van der Waals surface area contributed by atoms with Crippen molar-refractivity contribution >= 4 is 5.78 Å². The van der Waals surface area contributed by atoms with Crippen LogP contribution in [-0.4, -0.2) is 19.0 Å². The minimum Gasteiger partial charge on any atom is -0.373 e. The van der Waals surface area contributed by atoms with Crippen LogP contribution < -0.4 is 0 Å². The highest BCUT2D eigenvalue weighted by Crippen LogP contribution is 2.28. The summed E-state index contributed by atoms with van der Waals surface area (Å²) in [4.78, 5) is 12.5. The Bertz CT molecular complexity index is 458. The molecule has 0 bridgehead atoms. The van der Waals surface area contributed by atoms with Crippen molar-refractivity contribution in [2.45, 2.75) is 58.5 Å². The summed E-state index contributed by atoms with van der Waals surface area (Å²) in [7, 11) is 1.68. The molecule has 0 radical (unpaired) electrons. The Morgan fingerprint density at radius 2 is 1.90 bits per heavy atom. The third-order valence-corrected chi connectivity index (χ3v) is 4.60. The van der Waals surface area contributed by atoms with Crippen LogP contribution in [0.3, 0.4) is 0 Å². The zero-order valence-electron chi connectivity index (χ0n) is 12.9. The van der Waals surface area contributed by atoms with Crippen LogP contribution in [-0.2, 0) is 16.0 Å². The van der Waals surface area contributed by atoms with E-state index in [0.29, 0.717) is 12.3 Å². The first-order chi connectivity index (χ1) is 9.61. The third kappa shape index (κ3) is 3.69. The fourth-order valence-corrected chi connectivity index (χ4v) is 3.24. The zero-order chi connectivity index (χ0) is 14.5. The van der Waals surface area contributed by atoms with Gasteiger partial charge in [-0.05, 0) is 49.3 Å². The van der Waals surface area contributed by atoms with Crippen molar-refractivity contribution in [3.63, 3.8) is 0 Å². The molecule has 1 aliphatic rings. The molecule has 2 heteroatoms. The molecule has 0 amide bonds. The fraction of sp³-hybridized carbons (Fsp3) is 0.611. The molecule has 1 aromatic rings. The number of hydrogen-bond acceptors (Lipinski definition) is 2. The van der Waals surface area contributed by atoms with Gasteiger partial charge in [-0.1, -0.05) is 37.5 Å². The van der Waals surface area contributed by atoms with E-state index in [1.165, 1.54) is 30.4 Å². The van der Waals surface area contributed by atoms with Gasteiger partial charge in [0.05, 0.1) is 0 Å². The summed E-state index contributed by atoms with van der Waals surface area (Å²) in [6.45, 7) is 4.19. The number of ketones is 1. The average Bonchev–Trinajstić information content (AvgIpc) is 2.45. The van der Waals surface area contributed by atoms with E-state index in [-0.39, 0.29) is 11.9 Å². The Hall–Kier alpha value is -1.15. The summed E-state index contributed by atoms with van der Waals surface area (Å²) < 4.78 is 5.53. The molecule has 20 heavy (non-hydrogen) atoms. The van der Waals surface area contributed by atoms with Gasteiger partial charge in [0.2, 0.25) is 0 Å². The SMILES string of the molecule is COC(C(=O)Cc1ccc(C)c(C)c1)C1CCCCC1. The van der Waals surface area contributed by atoms with Gasteiger partial charge < -0.3 is 4.74 Å². The normalized spacial score (nSPS) is 17.9. The molecule has 0 aliphatic heterocycles. The number of benzene rings is 1. The minimum atomic E-state index is -0.211. The van der Waals surface area contributed by atoms with E-state index in [2.05, 4.69) is 32.0 Å². The highest BCUT2D eigenvalue weighted by atomic mass is 16.5. The number of Topliss-reactive ketones (excluding diaryl/α,β-unsaturated/α-hetero) is 1. The molecular weight excluding hydrogens is 248 g/mol. The first-order valence-electron chi connectivity index (χ1n) is 7.73. The lowest BCUT2D eigenvalue weighted by atomic mass is 9.82. The highest BCUT2D eigenvalue weighted by Gasteiger charge is 2.29. The molecular formula is C18H26O2. The van der Waals surface area contributed by atoms with Crippen molar-refractivity contribution in [2.24, 2.45) is 5.92 Å². The minimum absolute atomic E-state index is 0.211. The molecule has 0 spiro atoms. The molecule has 2 nitrogen and oxygen atoms in total. The molecule has 1 aromatic carbocycles. The molecule has 0 heterocycles. The van der Waals surface area contributed by atoms with Crippen LogP contribution in [0.5, 0.6) is 0 Å². The predicted molar refractivity (Wildman–Crippen MR) is 82.0 cm³/mol. The summed E-state index contributed by atoms with van der Waals surface area (Å²) in [6, 6.07) is 6.29. The molecule has 1 fully saturated rings. The van der Waals surface area contributed by atoms with Gasteiger partial charge >= 0.3 is 0 Å². The van der Waals surface area contributed by atoms with Gasteiger partial charge in [0.1, 0.15) is 6.10 Å². The highest BCUT2D eigenvalue weighted by molar-refractivity contribution is 5.85. The van der Waals surface area contributed by atoms with Crippen LogP contribution in [0.2, 0.25) is 0 Å². The van der Waals surface area contributed by atoms with Crippen molar-refractivity contribution in [2.75, 3.05) is 7.11 Å². The first-order valence-corrected chi connectivity index (χ1v) is 7.73. The molecule has 1 atom stereocenters. The van der Waals surface area contributed by atoms with Crippen LogP contribution in [0.4, 0.5) is 0 Å². The zero-order valence-corrected chi connectivity index (χ0v) is 12.9. The summed E-state index contributed by atoms with van der Waals surface area (Å²) in [5.41, 5.74) is 3.63. The maximum Gasteiger partial charge on any atom is 0.166 e. The summed E-state index contributed by atoms with van der Waals surface area (Å²) >= 11 is 0. The van der Waals surface area contributed by atoms with Crippen molar-refractivity contribution in [3.8, 4) is 0 Å². The van der Waals surface area contributed by atoms with Crippen LogP contribution in [0, 0.1) is 19.8 Å². The second kappa shape index (κ2) is 7.03. The number of hydrogen-bond donors (Lipinski definition) is 0. The van der Waals surface area contributed by atoms with Gasteiger partial charge in [0, 0.05) is 13.5 Å². The smallest absolute Gasteiger partial charge is 0.166 e. The van der Waals surface area contributed by atoms with Crippen LogP contribution in [0.15, 0.2) is 18.2 Å². The van der Waals surface area contributed by atoms with Gasteiger partial charge in [-0.15, -0.1) is 0 Å². The van der Waals surface area contributed by atoms with Crippen molar-refractivity contribution in [1.82, 2.24) is 0 Å². The number of methoxy groups -OCH3 is 1. The Balaban J connectivity index is 2.02. The van der Waals surface area contributed by atoms with E-state index in [0.717, 1.165) is 18.4 Å².